The number of carboxylic acid groups (broad SMARTS) is 1. The number of carbonyl (C=O) groups is 1. The van der Waals surface area contributed by atoms with Gasteiger partial charge in [-0.2, -0.15) is 10.5 Å². The molecule has 0 aromatic heterocycles. The number of nitrogens with zero attached hydrogens (tertiary/aromatic N) is 2. The molecule has 0 unspecified atom stereocenters. The van der Waals surface area contributed by atoms with Gasteiger partial charge in [0.1, 0.15) is 17.7 Å². The lowest BCUT2D eigenvalue weighted by atomic mass is 10.0. The van der Waals surface area contributed by atoms with Gasteiger partial charge in [0.15, 0.2) is 0 Å². The summed E-state index contributed by atoms with van der Waals surface area (Å²) >= 11 is 4.97. The van der Waals surface area contributed by atoms with Crippen molar-refractivity contribution in [1.82, 2.24) is 0 Å². The molecule has 1 saturated carbocycles. The zero-order chi connectivity index (χ0) is 11.4. The second kappa shape index (κ2) is 4.50. The molecule has 0 heterocycles. The van der Waals surface area contributed by atoms with Crippen LogP contribution < -0.4 is 0 Å². The topological polar surface area (TPSA) is 84.9 Å². The summed E-state index contributed by atoms with van der Waals surface area (Å²) < 4.78 is 0. The molecule has 0 bridgehead atoms. The molecule has 0 aromatic carbocycles. The third-order valence-electron chi connectivity index (χ3n) is 2.02. The standard InChI is InChI=1S/C10H6N2O2S/c11-4-6(5-12)7-1-2-9(15)8(7)3-10(13)14/h3H,1-2H2,(H,13,14)/b8-3-. The zero-order valence-electron chi connectivity index (χ0n) is 7.65. The fourth-order valence-corrected chi connectivity index (χ4v) is 1.67. The molecule has 1 fully saturated rings. The average Bonchev–Trinajstić information content (AvgIpc) is 2.51. The second-order valence-electron chi connectivity index (χ2n) is 2.90. The first-order valence-corrected chi connectivity index (χ1v) is 4.52. The largest absolute Gasteiger partial charge is 0.478 e. The molecule has 0 atom stereocenters. The maximum atomic E-state index is 10.5. The Morgan fingerprint density at radius 1 is 1.40 bits per heavy atom. The number of aliphatic carboxylic acids is 1. The molecule has 1 rings (SSSR count). The van der Waals surface area contributed by atoms with Crippen molar-refractivity contribution < 1.29 is 9.90 Å². The Balaban J connectivity index is 3.31. The Kier molecular flexibility index (Phi) is 3.33. The second-order valence-corrected chi connectivity index (χ2v) is 3.39. The van der Waals surface area contributed by atoms with E-state index in [-0.39, 0.29) is 5.57 Å². The van der Waals surface area contributed by atoms with Gasteiger partial charge in [-0.05, 0) is 18.4 Å². The van der Waals surface area contributed by atoms with Gasteiger partial charge in [0.25, 0.3) is 0 Å². The Bertz CT molecular complexity index is 459. The molecule has 74 valence electrons. The van der Waals surface area contributed by atoms with Crippen LogP contribution in [0.5, 0.6) is 0 Å². The molecular weight excluding hydrogens is 212 g/mol. The van der Waals surface area contributed by atoms with Gasteiger partial charge in [0.2, 0.25) is 0 Å². The molecule has 0 aromatic rings. The van der Waals surface area contributed by atoms with Gasteiger partial charge in [-0.25, -0.2) is 4.79 Å². The highest BCUT2D eigenvalue weighted by molar-refractivity contribution is 7.81. The molecule has 0 spiro atoms. The summed E-state index contributed by atoms with van der Waals surface area (Å²) in [5, 5.41) is 26.0. The summed E-state index contributed by atoms with van der Waals surface area (Å²) in [6.45, 7) is 0. The first-order chi connectivity index (χ1) is 7.10. The summed E-state index contributed by atoms with van der Waals surface area (Å²) in [7, 11) is 0. The molecule has 4 nitrogen and oxygen atoms in total. The van der Waals surface area contributed by atoms with Crippen LogP contribution in [0.2, 0.25) is 0 Å². The van der Waals surface area contributed by atoms with Gasteiger partial charge in [0.05, 0.1) is 0 Å². The average molecular weight is 218 g/mol. The Morgan fingerprint density at radius 2 is 2.00 bits per heavy atom. The van der Waals surface area contributed by atoms with Crippen molar-refractivity contribution in [3.63, 3.8) is 0 Å². The van der Waals surface area contributed by atoms with Crippen LogP contribution in [0.4, 0.5) is 0 Å². The molecule has 0 saturated heterocycles. The van der Waals surface area contributed by atoms with Crippen molar-refractivity contribution in [2.75, 3.05) is 0 Å². The first kappa shape index (κ1) is 11.1. The van der Waals surface area contributed by atoms with Gasteiger partial charge in [-0.3, -0.25) is 0 Å². The highest BCUT2D eigenvalue weighted by Gasteiger charge is 2.23. The zero-order valence-corrected chi connectivity index (χ0v) is 8.47. The minimum absolute atomic E-state index is 0.0534. The van der Waals surface area contributed by atoms with Crippen LogP contribution in [0.15, 0.2) is 22.8 Å². The molecule has 0 amide bonds. The normalized spacial score (nSPS) is 17.3. The van der Waals surface area contributed by atoms with Crippen molar-refractivity contribution in [2.24, 2.45) is 0 Å². The van der Waals surface area contributed by atoms with E-state index in [1.807, 2.05) is 0 Å². The maximum absolute atomic E-state index is 10.5. The quantitative estimate of drug-likeness (QED) is 0.409. The van der Waals surface area contributed by atoms with Crippen molar-refractivity contribution in [2.45, 2.75) is 12.8 Å². The lowest BCUT2D eigenvalue weighted by Gasteiger charge is -1.98. The van der Waals surface area contributed by atoms with Crippen molar-refractivity contribution in [1.29, 1.82) is 10.5 Å². The molecule has 15 heavy (non-hydrogen) atoms. The van der Waals surface area contributed by atoms with E-state index in [1.54, 1.807) is 12.1 Å². The van der Waals surface area contributed by atoms with Gasteiger partial charge >= 0.3 is 5.97 Å². The fraction of sp³-hybridized carbons (Fsp3) is 0.200. The number of rotatable bonds is 1. The number of hydrogen-bond acceptors (Lipinski definition) is 4. The van der Waals surface area contributed by atoms with Crippen LogP contribution in [-0.4, -0.2) is 15.9 Å². The van der Waals surface area contributed by atoms with Gasteiger partial charge in [-0.15, -0.1) is 0 Å². The van der Waals surface area contributed by atoms with Crippen LogP contribution in [-0.2, 0) is 4.79 Å². The minimum atomic E-state index is -1.12. The molecule has 0 radical (unpaired) electrons. The third-order valence-corrected chi connectivity index (χ3v) is 2.44. The van der Waals surface area contributed by atoms with Crippen LogP contribution in [0.25, 0.3) is 0 Å². The first-order valence-electron chi connectivity index (χ1n) is 4.11. The monoisotopic (exact) mass is 218 g/mol. The van der Waals surface area contributed by atoms with E-state index >= 15 is 0 Å². The number of hydrogen-bond donors (Lipinski definition) is 1. The Labute approximate surface area is 91.7 Å². The molecule has 0 aliphatic heterocycles. The number of allylic oxidation sites excluding steroid dienone is 3. The number of thiocarbonyl (C=S) groups is 1. The summed E-state index contributed by atoms with van der Waals surface area (Å²) in [6.07, 6.45) is 1.95. The molecule has 1 aliphatic rings. The summed E-state index contributed by atoms with van der Waals surface area (Å²) in [5.41, 5.74) is 0.741. The molecular formula is C10H6N2O2S. The van der Waals surface area contributed by atoms with E-state index in [0.29, 0.717) is 28.9 Å². The minimum Gasteiger partial charge on any atom is -0.478 e. The molecule has 5 heteroatoms. The fourth-order valence-electron chi connectivity index (χ4n) is 1.39. The number of nitriles is 2. The van der Waals surface area contributed by atoms with Gasteiger partial charge < -0.3 is 5.11 Å². The van der Waals surface area contributed by atoms with E-state index in [1.165, 1.54) is 0 Å². The lowest BCUT2D eigenvalue weighted by molar-refractivity contribution is -0.131. The SMILES string of the molecule is N#CC(C#N)=C1CCC(=S)/C1=C\C(=O)O. The van der Waals surface area contributed by atoms with E-state index in [9.17, 15) is 4.79 Å². The van der Waals surface area contributed by atoms with Crippen LogP contribution in [0.3, 0.4) is 0 Å². The van der Waals surface area contributed by atoms with Crippen LogP contribution in [0, 0.1) is 22.7 Å². The molecule has 1 N–H and O–H groups in total. The van der Waals surface area contributed by atoms with E-state index in [0.717, 1.165) is 6.08 Å². The lowest BCUT2D eigenvalue weighted by Crippen LogP contribution is -1.98. The third kappa shape index (κ3) is 2.28. The summed E-state index contributed by atoms with van der Waals surface area (Å²) in [5.74, 6) is -1.12. The van der Waals surface area contributed by atoms with Crippen molar-refractivity contribution in [3.05, 3.63) is 22.8 Å². The van der Waals surface area contributed by atoms with Crippen molar-refractivity contribution >= 4 is 23.1 Å². The van der Waals surface area contributed by atoms with Crippen molar-refractivity contribution in [3.8, 4) is 12.1 Å². The van der Waals surface area contributed by atoms with E-state index in [2.05, 4.69) is 0 Å². The van der Waals surface area contributed by atoms with Gasteiger partial charge in [-0.1, -0.05) is 12.2 Å². The molecule has 1 aliphatic carbocycles. The Hall–Kier alpha value is -1.98. The summed E-state index contributed by atoms with van der Waals surface area (Å²) in [4.78, 5) is 11.0. The van der Waals surface area contributed by atoms with Gasteiger partial charge in [0, 0.05) is 16.5 Å². The van der Waals surface area contributed by atoms with Crippen LogP contribution in [0.1, 0.15) is 12.8 Å². The Morgan fingerprint density at radius 3 is 2.47 bits per heavy atom. The van der Waals surface area contributed by atoms with Crippen LogP contribution >= 0.6 is 12.2 Å². The smallest absolute Gasteiger partial charge is 0.328 e. The number of carboxylic acids is 1. The predicted octanol–water partition coefficient (Wildman–Crippen LogP) is 1.50. The maximum Gasteiger partial charge on any atom is 0.328 e. The summed E-state index contributed by atoms with van der Waals surface area (Å²) in [6, 6.07) is 3.49. The van der Waals surface area contributed by atoms with E-state index in [4.69, 9.17) is 27.8 Å². The van der Waals surface area contributed by atoms with E-state index < -0.39 is 5.97 Å². The highest BCUT2D eigenvalue weighted by atomic mass is 32.1. The highest BCUT2D eigenvalue weighted by Crippen LogP contribution is 2.30. The predicted molar refractivity (Wildman–Crippen MR) is 55.8 cm³/mol.